The fourth-order valence-electron chi connectivity index (χ4n) is 1.86. The molecular weight excluding hydrogens is 226 g/mol. The monoisotopic (exact) mass is 249 g/mol. The van der Waals surface area contributed by atoms with Crippen molar-refractivity contribution in [2.24, 2.45) is 0 Å². The van der Waals surface area contributed by atoms with Crippen molar-refractivity contribution in [2.75, 3.05) is 12.8 Å². The first kappa shape index (κ1) is 14.3. The molecule has 0 aromatic heterocycles. The van der Waals surface area contributed by atoms with Crippen LogP contribution in [0.25, 0.3) is 0 Å². The van der Waals surface area contributed by atoms with Gasteiger partial charge in [0.15, 0.2) is 0 Å². The molecule has 1 aromatic carbocycles. The Hall–Kier alpha value is -0.730. The lowest BCUT2D eigenvalue weighted by molar-refractivity contribution is 0.514. The second kappa shape index (κ2) is 7.57. The lowest BCUT2D eigenvalue weighted by Gasteiger charge is -2.18. The molecule has 94 valence electrons. The number of rotatable bonds is 7. The van der Waals surface area contributed by atoms with Crippen LogP contribution in [0.4, 0.5) is 0 Å². The zero-order valence-corrected chi connectivity index (χ0v) is 11.9. The molecule has 17 heavy (non-hydrogen) atoms. The van der Waals surface area contributed by atoms with Gasteiger partial charge >= 0.3 is 0 Å². The van der Waals surface area contributed by atoms with Crippen LogP contribution in [0.3, 0.4) is 0 Å². The molecule has 1 unspecified atom stereocenters. The molecule has 0 aliphatic heterocycles. The van der Waals surface area contributed by atoms with Crippen molar-refractivity contribution in [2.45, 2.75) is 37.6 Å². The van der Waals surface area contributed by atoms with E-state index in [9.17, 15) is 0 Å². The summed E-state index contributed by atoms with van der Waals surface area (Å²) < 4.78 is 0. The molecule has 0 aliphatic rings. The van der Waals surface area contributed by atoms with Crippen molar-refractivity contribution >= 4 is 11.8 Å². The zero-order chi connectivity index (χ0) is 12.7. The van der Waals surface area contributed by atoms with Gasteiger partial charge in [-0.1, -0.05) is 24.6 Å². The Balaban J connectivity index is 2.70. The second-order valence-corrected chi connectivity index (χ2v) is 5.26. The van der Waals surface area contributed by atoms with Crippen molar-refractivity contribution < 1.29 is 0 Å². The van der Waals surface area contributed by atoms with Gasteiger partial charge in [0.25, 0.3) is 0 Å². The predicted molar refractivity (Wildman–Crippen MR) is 78.7 cm³/mol. The summed E-state index contributed by atoms with van der Waals surface area (Å²) in [5.74, 6) is 0. The Morgan fingerprint density at radius 2 is 2.00 bits per heavy atom. The van der Waals surface area contributed by atoms with Crippen molar-refractivity contribution in [1.29, 1.82) is 0 Å². The Kier molecular flexibility index (Phi) is 6.38. The summed E-state index contributed by atoms with van der Waals surface area (Å²) >= 11 is 1.79. The van der Waals surface area contributed by atoms with Gasteiger partial charge in [0.2, 0.25) is 0 Å². The van der Waals surface area contributed by atoms with Gasteiger partial charge in [-0.05, 0) is 50.3 Å². The van der Waals surface area contributed by atoms with Crippen LogP contribution in [0.5, 0.6) is 0 Å². The first-order chi connectivity index (χ1) is 8.17. The zero-order valence-electron chi connectivity index (χ0n) is 11.1. The molecule has 0 amide bonds. The van der Waals surface area contributed by atoms with Crippen LogP contribution in [0.15, 0.2) is 41.3 Å². The fourth-order valence-corrected chi connectivity index (χ4v) is 2.27. The molecule has 0 bridgehead atoms. The van der Waals surface area contributed by atoms with E-state index in [1.807, 2.05) is 0 Å². The summed E-state index contributed by atoms with van der Waals surface area (Å²) in [6.45, 7) is 9.24. The summed E-state index contributed by atoms with van der Waals surface area (Å²) in [5, 5.41) is 3.54. The highest BCUT2D eigenvalue weighted by molar-refractivity contribution is 7.98. The van der Waals surface area contributed by atoms with Gasteiger partial charge in [0.1, 0.15) is 0 Å². The number of thioether (sulfide) groups is 1. The first-order valence-electron chi connectivity index (χ1n) is 6.19. The minimum atomic E-state index is 0.451. The molecule has 1 N–H and O–H groups in total. The van der Waals surface area contributed by atoms with Gasteiger partial charge in [0.05, 0.1) is 0 Å². The average Bonchev–Trinajstić information content (AvgIpc) is 2.34. The molecule has 1 atom stereocenters. The molecular formula is C15H23NS. The van der Waals surface area contributed by atoms with Crippen molar-refractivity contribution in [3.8, 4) is 0 Å². The predicted octanol–water partition coefficient (Wildman–Crippen LogP) is 4.42. The molecule has 1 aromatic rings. The number of nitrogens with one attached hydrogen (secondary N) is 1. The van der Waals surface area contributed by atoms with Crippen LogP contribution < -0.4 is 5.32 Å². The van der Waals surface area contributed by atoms with E-state index in [4.69, 9.17) is 0 Å². The summed E-state index contributed by atoms with van der Waals surface area (Å²) in [6, 6.07) is 9.32. The van der Waals surface area contributed by atoms with E-state index in [-0.39, 0.29) is 0 Å². The van der Waals surface area contributed by atoms with Crippen molar-refractivity contribution in [1.82, 2.24) is 5.32 Å². The van der Waals surface area contributed by atoms with E-state index in [2.05, 4.69) is 56.3 Å². The van der Waals surface area contributed by atoms with Crippen LogP contribution >= 0.6 is 11.8 Å². The molecule has 0 heterocycles. The van der Waals surface area contributed by atoms with E-state index in [1.165, 1.54) is 16.0 Å². The standard InChI is InChI=1S/C15H23NS/c1-5-16-15(11-6-12(2)3)13-7-9-14(17-4)10-8-13/h7-10,15-16H,2,5-6,11H2,1,3-4H3. The van der Waals surface area contributed by atoms with Crippen molar-refractivity contribution in [3.05, 3.63) is 42.0 Å². The van der Waals surface area contributed by atoms with E-state index in [1.54, 1.807) is 11.8 Å². The first-order valence-corrected chi connectivity index (χ1v) is 7.41. The van der Waals surface area contributed by atoms with Gasteiger partial charge in [-0.15, -0.1) is 18.3 Å². The summed E-state index contributed by atoms with van der Waals surface area (Å²) in [7, 11) is 0. The molecule has 2 heteroatoms. The number of hydrogen-bond donors (Lipinski definition) is 1. The molecule has 0 fully saturated rings. The second-order valence-electron chi connectivity index (χ2n) is 4.38. The number of hydrogen-bond acceptors (Lipinski definition) is 2. The van der Waals surface area contributed by atoms with Gasteiger partial charge in [-0.3, -0.25) is 0 Å². The minimum Gasteiger partial charge on any atom is -0.310 e. The van der Waals surface area contributed by atoms with Crippen molar-refractivity contribution in [3.63, 3.8) is 0 Å². The van der Waals surface area contributed by atoms with Crippen LogP contribution in [-0.4, -0.2) is 12.8 Å². The maximum Gasteiger partial charge on any atom is 0.0323 e. The topological polar surface area (TPSA) is 12.0 Å². The summed E-state index contributed by atoms with van der Waals surface area (Å²) in [5.41, 5.74) is 2.64. The Morgan fingerprint density at radius 1 is 1.35 bits per heavy atom. The fraction of sp³-hybridized carbons (Fsp3) is 0.467. The Morgan fingerprint density at radius 3 is 2.47 bits per heavy atom. The quantitative estimate of drug-likeness (QED) is 0.567. The van der Waals surface area contributed by atoms with Gasteiger partial charge < -0.3 is 5.32 Å². The third-order valence-electron chi connectivity index (χ3n) is 2.83. The molecule has 0 saturated carbocycles. The number of benzene rings is 1. The smallest absolute Gasteiger partial charge is 0.0323 e. The molecule has 0 spiro atoms. The maximum atomic E-state index is 3.98. The highest BCUT2D eigenvalue weighted by Crippen LogP contribution is 2.23. The van der Waals surface area contributed by atoms with Crippen LogP contribution in [-0.2, 0) is 0 Å². The maximum absolute atomic E-state index is 3.98. The Bertz CT molecular complexity index is 342. The molecule has 1 rings (SSSR count). The van der Waals surface area contributed by atoms with Gasteiger partial charge in [-0.25, -0.2) is 0 Å². The van der Waals surface area contributed by atoms with E-state index in [0.29, 0.717) is 6.04 Å². The third kappa shape index (κ3) is 4.97. The average molecular weight is 249 g/mol. The van der Waals surface area contributed by atoms with E-state index < -0.39 is 0 Å². The summed E-state index contributed by atoms with van der Waals surface area (Å²) in [4.78, 5) is 1.32. The van der Waals surface area contributed by atoms with E-state index >= 15 is 0 Å². The van der Waals surface area contributed by atoms with Crippen LogP contribution in [0.2, 0.25) is 0 Å². The third-order valence-corrected chi connectivity index (χ3v) is 3.57. The highest BCUT2D eigenvalue weighted by atomic mass is 32.2. The SMILES string of the molecule is C=C(C)CCC(NCC)c1ccc(SC)cc1. The number of allylic oxidation sites excluding steroid dienone is 1. The molecule has 0 radical (unpaired) electrons. The van der Waals surface area contributed by atoms with E-state index in [0.717, 1.165) is 19.4 Å². The summed E-state index contributed by atoms with van der Waals surface area (Å²) in [6.07, 6.45) is 4.32. The Labute approximate surface area is 110 Å². The minimum absolute atomic E-state index is 0.451. The molecule has 1 nitrogen and oxygen atoms in total. The van der Waals surface area contributed by atoms with Crippen LogP contribution in [0.1, 0.15) is 38.3 Å². The lowest BCUT2D eigenvalue weighted by Crippen LogP contribution is -2.20. The van der Waals surface area contributed by atoms with Gasteiger partial charge in [-0.2, -0.15) is 0 Å². The van der Waals surface area contributed by atoms with Gasteiger partial charge in [0, 0.05) is 10.9 Å². The highest BCUT2D eigenvalue weighted by Gasteiger charge is 2.09. The molecule has 0 saturated heterocycles. The normalized spacial score (nSPS) is 12.4. The van der Waals surface area contributed by atoms with Crippen LogP contribution in [0, 0.1) is 0 Å². The largest absolute Gasteiger partial charge is 0.310 e. The molecule has 0 aliphatic carbocycles. The lowest BCUT2D eigenvalue weighted by atomic mass is 10.00.